The van der Waals surface area contributed by atoms with E-state index in [0.717, 1.165) is 17.9 Å². The highest BCUT2D eigenvalue weighted by Crippen LogP contribution is 2.13. The summed E-state index contributed by atoms with van der Waals surface area (Å²) in [5, 5.41) is 9.09. The largest absolute Gasteiger partial charge is 0.497 e. The molecule has 0 saturated carbocycles. The minimum Gasteiger partial charge on any atom is -0.497 e. The highest BCUT2D eigenvalue weighted by Gasteiger charge is 2.26. The molecule has 6 nitrogen and oxygen atoms in total. The van der Waals surface area contributed by atoms with Crippen molar-refractivity contribution in [3.8, 4) is 5.75 Å². The van der Waals surface area contributed by atoms with Crippen LogP contribution in [0.1, 0.15) is 26.3 Å². The molecule has 1 aromatic rings. The number of aliphatic imine (C=N–C) groups is 1. The predicted octanol–water partition coefficient (Wildman–Crippen LogP) is 1.52. The molecule has 23 heavy (non-hydrogen) atoms. The monoisotopic (exact) mass is 320 g/mol. The number of guanidine groups is 1. The Morgan fingerprint density at radius 1 is 1.22 bits per heavy atom. The summed E-state index contributed by atoms with van der Waals surface area (Å²) >= 11 is 0. The molecule has 0 fully saturated rings. The number of carbonyl (C=O) groups excluding carboxylic acids is 1. The van der Waals surface area contributed by atoms with Gasteiger partial charge in [0, 0.05) is 20.1 Å². The maximum atomic E-state index is 11.8. The van der Waals surface area contributed by atoms with Crippen LogP contribution in [0, 0.1) is 5.41 Å². The van der Waals surface area contributed by atoms with Gasteiger partial charge in [0.15, 0.2) is 5.96 Å². The average Bonchev–Trinajstić information content (AvgIpc) is 2.57. The molecule has 0 aliphatic rings. The van der Waals surface area contributed by atoms with Crippen LogP contribution >= 0.6 is 0 Å². The van der Waals surface area contributed by atoms with Crippen LogP contribution in [0.15, 0.2) is 29.3 Å². The van der Waals surface area contributed by atoms with Crippen LogP contribution in [0.4, 0.5) is 0 Å². The summed E-state index contributed by atoms with van der Waals surface area (Å²) in [4.78, 5) is 16.4. The number of benzene rings is 1. The van der Waals surface area contributed by atoms with E-state index in [1.165, 1.54) is 0 Å². The second kappa shape index (κ2) is 9.02. The lowest BCUT2D eigenvalue weighted by atomic mass is 9.92. The summed E-state index contributed by atoms with van der Waals surface area (Å²) in [6, 6.07) is 7.81. The molecule has 0 atom stereocenters. The minimum absolute atomic E-state index is 0.00370. The number of hydrogen-bond donors (Lipinski definition) is 3. The first-order valence-corrected chi connectivity index (χ1v) is 7.80. The molecule has 0 bridgehead atoms. The standard InChI is InChI=1S/C17H28N4O2/c1-6-19-16(21-12-17(2,3)15(22)18-4)20-11-13-7-9-14(23-5)10-8-13/h7-10H,6,11-12H2,1-5H3,(H,18,22)(H2,19,20,21). The summed E-state index contributed by atoms with van der Waals surface area (Å²) < 4.78 is 5.14. The van der Waals surface area contributed by atoms with Gasteiger partial charge in [-0.25, -0.2) is 4.99 Å². The van der Waals surface area contributed by atoms with Gasteiger partial charge in [0.25, 0.3) is 0 Å². The van der Waals surface area contributed by atoms with Crippen LogP contribution in [0.3, 0.4) is 0 Å². The fourth-order valence-corrected chi connectivity index (χ4v) is 1.97. The van der Waals surface area contributed by atoms with Crippen molar-refractivity contribution in [1.29, 1.82) is 0 Å². The van der Waals surface area contributed by atoms with E-state index >= 15 is 0 Å². The predicted molar refractivity (Wildman–Crippen MR) is 93.7 cm³/mol. The van der Waals surface area contributed by atoms with E-state index in [2.05, 4.69) is 20.9 Å². The molecule has 0 aromatic heterocycles. The van der Waals surface area contributed by atoms with Gasteiger partial charge >= 0.3 is 0 Å². The van der Waals surface area contributed by atoms with Crippen molar-refractivity contribution in [3.05, 3.63) is 29.8 Å². The molecular weight excluding hydrogens is 292 g/mol. The number of carbonyl (C=O) groups is 1. The van der Waals surface area contributed by atoms with Crippen molar-refractivity contribution in [2.75, 3.05) is 27.2 Å². The van der Waals surface area contributed by atoms with Crippen LogP contribution in [0.25, 0.3) is 0 Å². The zero-order chi connectivity index (χ0) is 17.3. The zero-order valence-electron chi connectivity index (χ0n) is 14.7. The molecule has 1 aromatic carbocycles. The van der Waals surface area contributed by atoms with Gasteiger partial charge in [-0.2, -0.15) is 0 Å². The molecule has 3 N–H and O–H groups in total. The first-order valence-electron chi connectivity index (χ1n) is 7.80. The second-order valence-electron chi connectivity index (χ2n) is 5.86. The number of amides is 1. The third kappa shape index (κ3) is 6.18. The summed E-state index contributed by atoms with van der Waals surface area (Å²) in [6.07, 6.45) is 0. The first-order chi connectivity index (χ1) is 10.9. The number of ether oxygens (including phenoxy) is 1. The summed E-state index contributed by atoms with van der Waals surface area (Å²) in [5.41, 5.74) is 0.582. The van der Waals surface area contributed by atoms with Gasteiger partial charge in [0.2, 0.25) is 5.91 Å². The number of nitrogens with one attached hydrogen (secondary N) is 3. The molecule has 1 amide bonds. The van der Waals surface area contributed by atoms with Crippen molar-refractivity contribution >= 4 is 11.9 Å². The van der Waals surface area contributed by atoms with Gasteiger partial charge in [0.1, 0.15) is 5.75 Å². The lowest BCUT2D eigenvalue weighted by Gasteiger charge is -2.24. The van der Waals surface area contributed by atoms with E-state index < -0.39 is 5.41 Å². The molecule has 0 unspecified atom stereocenters. The zero-order valence-corrected chi connectivity index (χ0v) is 14.7. The van der Waals surface area contributed by atoms with E-state index in [4.69, 9.17) is 4.74 Å². The topological polar surface area (TPSA) is 74.8 Å². The van der Waals surface area contributed by atoms with Crippen molar-refractivity contribution in [2.24, 2.45) is 10.4 Å². The second-order valence-corrected chi connectivity index (χ2v) is 5.86. The smallest absolute Gasteiger partial charge is 0.227 e. The lowest BCUT2D eigenvalue weighted by molar-refractivity contribution is -0.128. The maximum absolute atomic E-state index is 11.8. The SMILES string of the molecule is CCNC(=NCc1ccc(OC)cc1)NCC(C)(C)C(=O)NC. The van der Waals surface area contributed by atoms with Gasteiger partial charge in [-0.1, -0.05) is 12.1 Å². The van der Waals surface area contributed by atoms with E-state index in [9.17, 15) is 4.79 Å². The van der Waals surface area contributed by atoms with E-state index in [1.54, 1.807) is 14.2 Å². The Bertz CT molecular complexity index is 524. The maximum Gasteiger partial charge on any atom is 0.227 e. The molecule has 0 spiro atoms. The van der Waals surface area contributed by atoms with Crippen molar-refractivity contribution in [2.45, 2.75) is 27.3 Å². The number of methoxy groups -OCH3 is 1. The van der Waals surface area contributed by atoms with Gasteiger partial charge in [-0.05, 0) is 38.5 Å². The van der Waals surface area contributed by atoms with Crippen LogP contribution < -0.4 is 20.7 Å². The normalized spacial score (nSPS) is 11.8. The third-order valence-electron chi connectivity index (χ3n) is 3.46. The molecule has 0 radical (unpaired) electrons. The highest BCUT2D eigenvalue weighted by molar-refractivity contribution is 5.84. The van der Waals surface area contributed by atoms with Gasteiger partial charge in [-0.15, -0.1) is 0 Å². The molecule has 0 heterocycles. The van der Waals surface area contributed by atoms with E-state index in [-0.39, 0.29) is 5.91 Å². The Balaban J connectivity index is 2.67. The Morgan fingerprint density at radius 2 is 1.87 bits per heavy atom. The van der Waals surface area contributed by atoms with Crippen molar-refractivity contribution in [1.82, 2.24) is 16.0 Å². The fraction of sp³-hybridized carbons (Fsp3) is 0.529. The van der Waals surface area contributed by atoms with Crippen LogP contribution in [-0.2, 0) is 11.3 Å². The Morgan fingerprint density at radius 3 is 2.39 bits per heavy atom. The van der Waals surface area contributed by atoms with E-state index in [1.807, 2.05) is 45.0 Å². The summed E-state index contributed by atoms with van der Waals surface area (Å²) in [7, 11) is 3.29. The van der Waals surface area contributed by atoms with Crippen LogP contribution in [0.2, 0.25) is 0 Å². The third-order valence-corrected chi connectivity index (χ3v) is 3.46. The van der Waals surface area contributed by atoms with Crippen molar-refractivity contribution < 1.29 is 9.53 Å². The van der Waals surface area contributed by atoms with Gasteiger partial charge < -0.3 is 20.7 Å². The Kier molecular flexibility index (Phi) is 7.38. The Labute approximate surface area is 138 Å². The summed E-state index contributed by atoms with van der Waals surface area (Å²) in [5.74, 6) is 1.52. The molecular formula is C17H28N4O2. The first kappa shape index (κ1) is 18.8. The molecule has 0 aliphatic carbocycles. The molecule has 6 heteroatoms. The van der Waals surface area contributed by atoms with Crippen molar-refractivity contribution in [3.63, 3.8) is 0 Å². The summed E-state index contributed by atoms with van der Waals surface area (Å²) in [6.45, 7) is 7.61. The van der Waals surface area contributed by atoms with Crippen LogP contribution in [-0.4, -0.2) is 39.1 Å². The molecule has 0 aliphatic heterocycles. The highest BCUT2D eigenvalue weighted by atomic mass is 16.5. The number of rotatable bonds is 7. The van der Waals surface area contributed by atoms with E-state index in [0.29, 0.717) is 19.0 Å². The fourth-order valence-electron chi connectivity index (χ4n) is 1.97. The molecule has 0 saturated heterocycles. The molecule has 1 rings (SSSR count). The van der Waals surface area contributed by atoms with Gasteiger partial charge in [0.05, 0.1) is 19.1 Å². The van der Waals surface area contributed by atoms with Crippen LogP contribution in [0.5, 0.6) is 5.75 Å². The average molecular weight is 320 g/mol. The Hall–Kier alpha value is -2.24. The minimum atomic E-state index is -0.509. The number of hydrogen-bond acceptors (Lipinski definition) is 3. The quantitative estimate of drug-likeness (QED) is 0.526. The molecule has 128 valence electrons. The lowest BCUT2D eigenvalue weighted by Crippen LogP contribution is -2.47. The number of nitrogens with zero attached hydrogens (tertiary/aromatic N) is 1. The van der Waals surface area contributed by atoms with Gasteiger partial charge in [-0.3, -0.25) is 4.79 Å².